The molecule has 2 N–H and O–H groups in total. The van der Waals surface area contributed by atoms with E-state index in [4.69, 9.17) is 5.73 Å². The number of hydrogen-bond acceptors (Lipinski definition) is 1. The molecule has 0 aliphatic heterocycles. The lowest BCUT2D eigenvalue weighted by Gasteiger charge is -2.16. The largest absolute Gasteiger partial charge is 0.347 e. The highest BCUT2D eigenvalue weighted by molar-refractivity contribution is 5.86. The molecular weight excluding hydrogens is 222 g/mol. The highest BCUT2D eigenvalue weighted by atomic mass is 19.3. The molecule has 4 heteroatoms. The van der Waals surface area contributed by atoms with Gasteiger partial charge in [0, 0.05) is 35.6 Å². The van der Waals surface area contributed by atoms with Crippen LogP contribution < -0.4 is 5.73 Å². The second kappa shape index (κ2) is 4.11. The van der Waals surface area contributed by atoms with Gasteiger partial charge in [0.25, 0.3) is 5.92 Å². The number of hydrogen-bond donors (Lipinski definition) is 1. The minimum Gasteiger partial charge on any atom is -0.347 e. The zero-order chi connectivity index (χ0) is 12.6. The summed E-state index contributed by atoms with van der Waals surface area (Å²) in [6.45, 7) is 1.70. The molecule has 0 amide bonds. The van der Waals surface area contributed by atoms with Crippen LogP contribution in [0, 0.1) is 6.92 Å². The predicted molar refractivity (Wildman–Crippen MR) is 65.2 cm³/mol. The molecule has 0 spiro atoms. The van der Waals surface area contributed by atoms with Gasteiger partial charge in [0.15, 0.2) is 0 Å². The smallest absolute Gasteiger partial charge is 0.276 e. The van der Waals surface area contributed by atoms with Crippen LogP contribution in [0.5, 0.6) is 0 Å². The Morgan fingerprint density at radius 3 is 2.59 bits per heavy atom. The number of nitrogens with two attached hydrogens (primary N) is 1. The quantitative estimate of drug-likeness (QED) is 0.875. The van der Waals surface area contributed by atoms with E-state index in [1.165, 1.54) is 0 Å². The molecule has 17 heavy (non-hydrogen) atoms. The lowest BCUT2D eigenvalue weighted by Crippen LogP contribution is -2.19. The highest BCUT2D eigenvalue weighted by Gasteiger charge is 2.35. The van der Waals surface area contributed by atoms with E-state index in [2.05, 4.69) is 0 Å². The zero-order valence-electron chi connectivity index (χ0n) is 10.0. The molecule has 2 aromatic rings. The summed E-state index contributed by atoms with van der Waals surface area (Å²) in [5.41, 5.74) is 6.81. The van der Waals surface area contributed by atoms with Crippen LogP contribution in [-0.2, 0) is 13.0 Å². The SMILES string of the molecule is Cc1c(C(F)(F)CCN)c2ccccc2n1C. The fourth-order valence-corrected chi connectivity index (χ4v) is 2.29. The van der Waals surface area contributed by atoms with Crippen molar-refractivity contribution in [2.45, 2.75) is 19.3 Å². The Morgan fingerprint density at radius 2 is 1.94 bits per heavy atom. The third-order valence-electron chi connectivity index (χ3n) is 3.22. The number of alkyl halides is 2. The number of halogens is 2. The van der Waals surface area contributed by atoms with Gasteiger partial charge < -0.3 is 10.3 Å². The van der Waals surface area contributed by atoms with E-state index in [1.54, 1.807) is 30.7 Å². The molecule has 0 aliphatic carbocycles. The summed E-state index contributed by atoms with van der Waals surface area (Å²) in [6.07, 6.45) is -0.318. The van der Waals surface area contributed by atoms with Crippen LogP contribution in [0.3, 0.4) is 0 Å². The van der Waals surface area contributed by atoms with Gasteiger partial charge >= 0.3 is 0 Å². The molecule has 2 nitrogen and oxygen atoms in total. The summed E-state index contributed by atoms with van der Waals surface area (Å²) < 4.78 is 29.9. The first-order chi connectivity index (χ1) is 7.99. The number of fused-ring (bicyclic) bond motifs is 1. The molecule has 0 radical (unpaired) electrons. The van der Waals surface area contributed by atoms with Crippen molar-refractivity contribution >= 4 is 10.9 Å². The van der Waals surface area contributed by atoms with Crippen molar-refractivity contribution < 1.29 is 8.78 Å². The van der Waals surface area contributed by atoms with Crippen molar-refractivity contribution in [1.29, 1.82) is 0 Å². The molecule has 92 valence electrons. The van der Waals surface area contributed by atoms with Gasteiger partial charge in [0.1, 0.15) is 0 Å². The predicted octanol–water partition coefficient (Wildman–Crippen LogP) is 2.93. The van der Waals surface area contributed by atoms with Gasteiger partial charge in [0.2, 0.25) is 0 Å². The number of para-hydroxylation sites is 1. The van der Waals surface area contributed by atoms with Gasteiger partial charge in [-0.15, -0.1) is 0 Å². The molecule has 2 rings (SSSR count). The first-order valence-corrected chi connectivity index (χ1v) is 5.61. The van der Waals surface area contributed by atoms with Crippen molar-refractivity contribution in [3.8, 4) is 0 Å². The summed E-state index contributed by atoms with van der Waals surface area (Å²) in [6, 6.07) is 7.23. The normalized spacial score (nSPS) is 12.3. The molecule has 0 unspecified atom stereocenters. The van der Waals surface area contributed by atoms with Gasteiger partial charge in [-0.2, -0.15) is 0 Å². The van der Waals surface area contributed by atoms with Gasteiger partial charge in [-0.05, 0) is 19.5 Å². The molecule has 1 aromatic heterocycles. The summed E-state index contributed by atoms with van der Waals surface area (Å²) in [7, 11) is 1.81. The molecule has 1 aromatic carbocycles. The molecular formula is C13H16F2N2. The summed E-state index contributed by atoms with van der Waals surface area (Å²) in [5.74, 6) is -2.86. The van der Waals surface area contributed by atoms with Crippen molar-refractivity contribution in [3.05, 3.63) is 35.5 Å². The first kappa shape index (κ1) is 12.0. The van der Waals surface area contributed by atoms with Crippen LogP contribution in [-0.4, -0.2) is 11.1 Å². The Hall–Kier alpha value is -1.42. The lowest BCUT2D eigenvalue weighted by molar-refractivity contribution is -0.00991. The molecule has 0 saturated carbocycles. The van der Waals surface area contributed by atoms with Gasteiger partial charge in [0.05, 0.1) is 0 Å². The Balaban J connectivity index is 2.73. The van der Waals surface area contributed by atoms with Crippen LogP contribution >= 0.6 is 0 Å². The number of rotatable bonds is 3. The van der Waals surface area contributed by atoms with Crippen LogP contribution in [0.25, 0.3) is 10.9 Å². The zero-order valence-corrected chi connectivity index (χ0v) is 10.0. The topological polar surface area (TPSA) is 30.9 Å². The minimum atomic E-state index is -2.86. The average molecular weight is 238 g/mol. The number of aryl methyl sites for hydroxylation is 1. The maximum absolute atomic E-state index is 14.1. The second-order valence-corrected chi connectivity index (χ2v) is 4.28. The van der Waals surface area contributed by atoms with E-state index in [-0.39, 0.29) is 18.5 Å². The number of benzene rings is 1. The Morgan fingerprint density at radius 1 is 1.29 bits per heavy atom. The van der Waals surface area contributed by atoms with Gasteiger partial charge in [-0.3, -0.25) is 0 Å². The van der Waals surface area contributed by atoms with E-state index >= 15 is 0 Å². The van der Waals surface area contributed by atoms with Crippen LogP contribution in [0.4, 0.5) is 8.78 Å². The van der Waals surface area contributed by atoms with Crippen LogP contribution in [0.1, 0.15) is 17.7 Å². The van der Waals surface area contributed by atoms with Crippen molar-refractivity contribution in [2.24, 2.45) is 12.8 Å². The molecule has 0 fully saturated rings. The van der Waals surface area contributed by atoms with Gasteiger partial charge in [-0.1, -0.05) is 18.2 Å². The lowest BCUT2D eigenvalue weighted by atomic mass is 10.0. The van der Waals surface area contributed by atoms with Crippen molar-refractivity contribution in [1.82, 2.24) is 4.57 Å². The summed E-state index contributed by atoms with van der Waals surface area (Å²) >= 11 is 0. The monoisotopic (exact) mass is 238 g/mol. The highest BCUT2D eigenvalue weighted by Crippen LogP contribution is 2.39. The molecule has 0 saturated heterocycles. The minimum absolute atomic E-state index is 0.0182. The van der Waals surface area contributed by atoms with E-state index in [1.807, 2.05) is 12.1 Å². The van der Waals surface area contributed by atoms with E-state index < -0.39 is 5.92 Å². The van der Waals surface area contributed by atoms with E-state index in [0.717, 1.165) is 5.52 Å². The van der Waals surface area contributed by atoms with Crippen molar-refractivity contribution in [2.75, 3.05) is 6.54 Å². The maximum atomic E-state index is 14.1. The van der Waals surface area contributed by atoms with Crippen molar-refractivity contribution in [3.63, 3.8) is 0 Å². The van der Waals surface area contributed by atoms with Crippen LogP contribution in [0.15, 0.2) is 24.3 Å². The number of nitrogens with zero attached hydrogens (tertiary/aromatic N) is 1. The Bertz CT molecular complexity index is 544. The Kier molecular flexibility index (Phi) is 2.91. The van der Waals surface area contributed by atoms with E-state index in [0.29, 0.717) is 11.1 Å². The second-order valence-electron chi connectivity index (χ2n) is 4.28. The fraction of sp³-hybridized carbons (Fsp3) is 0.385. The van der Waals surface area contributed by atoms with Gasteiger partial charge in [-0.25, -0.2) is 8.78 Å². The molecule has 1 heterocycles. The average Bonchev–Trinajstić information content (AvgIpc) is 2.53. The maximum Gasteiger partial charge on any atom is 0.276 e. The summed E-state index contributed by atoms with van der Waals surface area (Å²) in [4.78, 5) is 0. The standard InChI is InChI=1S/C13H16F2N2/c1-9-12(13(14,15)7-8-16)10-5-3-4-6-11(10)17(9)2/h3-6H,7-8,16H2,1-2H3. The fourth-order valence-electron chi connectivity index (χ4n) is 2.29. The number of aromatic nitrogens is 1. The Labute approximate surface area is 99.0 Å². The summed E-state index contributed by atoms with van der Waals surface area (Å²) in [5, 5.41) is 0.617. The third kappa shape index (κ3) is 1.82. The molecule has 0 bridgehead atoms. The van der Waals surface area contributed by atoms with E-state index in [9.17, 15) is 8.78 Å². The first-order valence-electron chi connectivity index (χ1n) is 5.61. The molecule has 0 atom stereocenters. The molecule has 0 aliphatic rings. The van der Waals surface area contributed by atoms with Crippen LogP contribution in [0.2, 0.25) is 0 Å². The third-order valence-corrected chi connectivity index (χ3v) is 3.22.